The monoisotopic (exact) mass is 318 g/mol. The summed E-state index contributed by atoms with van der Waals surface area (Å²) in [6, 6.07) is 1.80. The zero-order valence-corrected chi connectivity index (χ0v) is 12.8. The predicted molar refractivity (Wildman–Crippen MR) is 76.0 cm³/mol. The fraction of sp³-hybridized carbons (Fsp3) is 0.462. The molecule has 0 aliphatic carbocycles. The molecule has 0 radical (unpaired) electrons. The molecule has 0 unspecified atom stereocenters. The summed E-state index contributed by atoms with van der Waals surface area (Å²) < 4.78 is 41.1. The first-order valence-electron chi connectivity index (χ1n) is 6.37. The van der Waals surface area contributed by atoms with Crippen LogP contribution in [0.25, 0.3) is 0 Å². The number of halogens is 1. The number of carbonyl (C=O) groups excluding carboxylic acids is 1. The predicted octanol–water partition coefficient (Wildman–Crippen LogP) is 0.938. The second kappa shape index (κ2) is 7.48. The summed E-state index contributed by atoms with van der Waals surface area (Å²) >= 11 is 0. The Morgan fingerprint density at radius 3 is 2.62 bits per heavy atom. The van der Waals surface area contributed by atoms with Gasteiger partial charge in [-0.05, 0) is 37.5 Å². The van der Waals surface area contributed by atoms with Gasteiger partial charge in [-0.1, -0.05) is 0 Å². The molecular weight excluding hydrogens is 299 g/mol. The van der Waals surface area contributed by atoms with E-state index < -0.39 is 21.7 Å². The number of nitrogens with two attached hydrogens (primary N) is 1. The standard InChI is InChI=1S/C13H19FN2O4S/c1-9-11(13(17)16-5-3-4-6-20-2)7-10(14)8-12(9)21(15,18)19/h7-8H,3-6H2,1-2H3,(H,16,17)(H2,15,18,19). The van der Waals surface area contributed by atoms with Gasteiger partial charge in [-0.15, -0.1) is 0 Å². The van der Waals surface area contributed by atoms with Crippen LogP contribution < -0.4 is 10.5 Å². The van der Waals surface area contributed by atoms with Gasteiger partial charge in [-0.2, -0.15) is 0 Å². The van der Waals surface area contributed by atoms with Crippen molar-refractivity contribution in [2.24, 2.45) is 5.14 Å². The van der Waals surface area contributed by atoms with Crippen LogP contribution in [0.3, 0.4) is 0 Å². The normalized spacial score (nSPS) is 11.4. The van der Waals surface area contributed by atoms with Crippen LogP contribution >= 0.6 is 0 Å². The van der Waals surface area contributed by atoms with E-state index in [4.69, 9.17) is 9.88 Å². The van der Waals surface area contributed by atoms with E-state index in [2.05, 4.69) is 5.32 Å². The lowest BCUT2D eigenvalue weighted by molar-refractivity contribution is 0.0950. The minimum atomic E-state index is -4.08. The number of amides is 1. The van der Waals surface area contributed by atoms with Crippen LogP contribution in [0.5, 0.6) is 0 Å². The van der Waals surface area contributed by atoms with Gasteiger partial charge in [0.15, 0.2) is 0 Å². The number of ether oxygens (including phenoxy) is 1. The zero-order chi connectivity index (χ0) is 16.0. The van der Waals surface area contributed by atoms with Crippen LogP contribution in [-0.2, 0) is 14.8 Å². The first-order chi connectivity index (χ1) is 9.77. The fourth-order valence-corrected chi connectivity index (χ4v) is 2.67. The van der Waals surface area contributed by atoms with Gasteiger partial charge < -0.3 is 10.1 Å². The summed E-state index contributed by atoms with van der Waals surface area (Å²) in [7, 11) is -2.49. The molecule has 0 fully saturated rings. The first kappa shape index (κ1) is 17.5. The first-order valence-corrected chi connectivity index (χ1v) is 7.92. The highest BCUT2D eigenvalue weighted by Gasteiger charge is 2.19. The van der Waals surface area contributed by atoms with Crippen LogP contribution in [0.4, 0.5) is 4.39 Å². The maximum atomic E-state index is 13.5. The van der Waals surface area contributed by atoms with Gasteiger partial charge >= 0.3 is 0 Å². The van der Waals surface area contributed by atoms with Crippen molar-refractivity contribution in [2.45, 2.75) is 24.7 Å². The van der Waals surface area contributed by atoms with Crippen molar-refractivity contribution >= 4 is 15.9 Å². The Kier molecular flexibility index (Phi) is 6.25. The van der Waals surface area contributed by atoms with E-state index in [0.717, 1.165) is 18.6 Å². The SMILES string of the molecule is COCCCCNC(=O)c1cc(F)cc(S(N)(=O)=O)c1C. The lowest BCUT2D eigenvalue weighted by Gasteiger charge is -2.11. The number of carbonyl (C=O) groups is 1. The molecule has 3 N–H and O–H groups in total. The second-order valence-corrected chi connectivity index (χ2v) is 6.11. The van der Waals surface area contributed by atoms with Crippen molar-refractivity contribution in [3.05, 3.63) is 29.1 Å². The maximum Gasteiger partial charge on any atom is 0.251 e. The second-order valence-electron chi connectivity index (χ2n) is 4.58. The number of unbranched alkanes of at least 4 members (excludes halogenated alkanes) is 1. The number of hydrogen-bond acceptors (Lipinski definition) is 4. The molecule has 118 valence electrons. The molecule has 1 aromatic carbocycles. The molecule has 6 nitrogen and oxygen atoms in total. The van der Waals surface area contributed by atoms with Gasteiger partial charge in [0, 0.05) is 25.8 Å². The van der Waals surface area contributed by atoms with Crippen LogP contribution in [0.15, 0.2) is 17.0 Å². The Morgan fingerprint density at radius 1 is 1.38 bits per heavy atom. The summed E-state index contributed by atoms with van der Waals surface area (Å²) in [5.41, 5.74) is 0.0964. The number of methoxy groups -OCH3 is 1. The van der Waals surface area contributed by atoms with E-state index in [1.54, 1.807) is 7.11 Å². The van der Waals surface area contributed by atoms with E-state index in [1.807, 2.05) is 0 Å². The molecule has 0 heterocycles. The van der Waals surface area contributed by atoms with Crippen LogP contribution in [0.1, 0.15) is 28.8 Å². The Hall–Kier alpha value is -1.51. The summed E-state index contributed by atoms with van der Waals surface area (Å²) in [4.78, 5) is 11.6. The van der Waals surface area contributed by atoms with Crippen molar-refractivity contribution in [2.75, 3.05) is 20.3 Å². The molecule has 8 heteroatoms. The van der Waals surface area contributed by atoms with Crippen LogP contribution in [0, 0.1) is 12.7 Å². The summed E-state index contributed by atoms with van der Waals surface area (Å²) in [5.74, 6) is -1.36. The third kappa shape index (κ3) is 5.07. The topological polar surface area (TPSA) is 98.5 Å². The number of benzene rings is 1. The van der Waals surface area contributed by atoms with Gasteiger partial charge in [-0.25, -0.2) is 17.9 Å². The van der Waals surface area contributed by atoms with Gasteiger partial charge in [0.05, 0.1) is 4.90 Å². The Balaban J connectivity index is 2.88. The van der Waals surface area contributed by atoms with E-state index in [9.17, 15) is 17.6 Å². The van der Waals surface area contributed by atoms with Gasteiger partial charge in [0.1, 0.15) is 5.82 Å². The third-order valence-corrected chi connectivity index (χ3v) is 3.97. The number of primary sulfonamides is 1. The molecule has 0 saturated heterocycles. The van der Waals surface area contributed by atoms with Crippen molar-refractivity contribution < 1.29 is 22.3 Å². The van der Waals surface area contributed by atoms with Crippen LogP contribution in [0.2, 0.25) is 0 Å². The average molecular weight is 318 g/mol. The molecule has 0 saturated carbocycles. The molecular formula is C13H19FN2O4S. The average Bonchev–Trinajstić information content (AvgIpc) is 2.39. The summed E-state index contributed by atoms with van der Waals surface area (Å²) in [6.45, 7) is 2.40. The Bertz CT molecular complexity index is 617. The molecule has 1 aromatic rings. The quantitative estimate of drug-likeness (QED) is 0.731. The molecule has 0 aliphatic heterocycles. The summed E-state index contributed by atoms with van der Waals surface area (Å²) in [5, 5.41) is 7.62. The number of sulfonamides is 1. The minimum Gasteiger partial charge on any atom is -0.385 e. The van der Waals surface area contributed by atoms with Gasteiger partial charge in [0.2, 0.25) is 10.0 Å². The maximum absolute atomic E-state index is 13.5. The number of nitrogens with one attached hydrogen (secondary N) is 1. The Morgan fingerprint density at radius 2 is 2.05 bits per heavy atom. The zero-order valence-electron chi connectivity index (χ0n) is 12.0. The van der Waals surface area contributed by atoms with E-state index >= 15 is 0 Å². The highest BCUT2D eigenvalue weighted by atomic mass is 32.2. The van der Waals surface area contributed by atoms with E-state index in [-0.39, 0.29) is 16.0 Å². The third-order valence-electron chi connectivity index (χ3n) is 2.94. The van der Waals surface area contributed by atoms with Crippen molar-refractivity contribution in [3.8, 4) is 0 Å². The van der Waals surface area contributed by atoms with Gasteiger partial charge in [-0.3, -0.25) is 4.79 Å². The Labute approximate surface area is 123 Å². The lowest BCUT2D eigenvalue weighted by Crippen LogP contribution is -2.26. The minimum absolute atomic E-state index is 0.0363. The molecule has 0 aliphatic rings. The number of hydrogen-bond donors (Lipinski definition) is 2. The largest absolute Gasteiger partial charge is 0.385 e. The van der Waals surface area contributed by atoms with Crippen molar-refractivity contribution in [1.82, 2.24) is 5.32 Å². The lowest BCUT2D eigenvalue weighted by atomic mass is 10.1. The fourth-order valence-electron chi connectivity index (χ4n) is 1.85. The number of rotatable bonds is 7. The molecule has 0 aromatic heterocycles. The van der Waals surface area contributed by atoms with Crippen molar-refractivity contribution in [3.63, 3.8) is 0 Å². The van der Waals surface area contributed by atoms with E-state index in [1.165, 1.54) is 6.92 Å². The molecule has 1 amide bonds. The van der Waals surface area contributed by atoms with Crippen LogP contribution in [-0.4, -0.2) is 34.6 Å². The summed E-state index contributed by atoms with van der Waals surface area (Å²) in [6.07, 6.45) is 1.48. The molecule has 1 rings (SSSR count). The van der Waals surface area contributed by atoms with Gasteiger partial charge in [0.25, 0.3) is 5.91 Å². The highest BCUT2D eigenvalue weighted by Crippen LogP contribution is 2.20. The molecule has 0 atom stereocenters. The molecule has 21 heavy (non-hydrogen) atoms. The smallest absolute Gasteiger partial charge is 0.251 e. The van der Waals surface area contributed by atoms with Crippen molar-refractivity contribution in [1.29, 1.82) is 0 Å². The molecule has 0 spiro atoms. The molecule has 0 bridgehead atoms. The van der Waals surface area contributed by atoms with E-state index in [0.29, 0.717) is 19.6 Å². The highest BCUT2D eigenvalue weighted by molar-refractivity contribution is 7.89.